The lowest BCUT2D eigenvalue weighted by Crippen LogP contribution is -2.03. The smallest absolute Gasteiger partial charge is 0.338 e. The average molecular weight is 311 g/mol. The molecule has 8 heteroatoms. The van der Waals surface area contributed by atoms with E-state index in [0.29, 0.717) is 6.07 Å². The highest BCUT2D eigenvalue weighted by Gasteiger charge is 2.23. The number of hydrogen-bond acceptors (Lipinski definition) is 4. The first kappa shape index (κ1) is 15.5. The van der Waals surface area contributed by atoms with Gasteiger partial charge in [-0.25, -0.2) is 18.0 Å². The molecule has 5 nitrogen and oxygen atoms in total. The van der Waals surface area contributed by atoms with E-state index >= 15 is 0 Å². The van der Waals surface area contributed by atoms with Crippen molar-refractivity contribution < 1.29 is 27.6 Å². The molecular formula is C14H8F3NO4. The van der Waals surface area contributed by atoms with Crippen LogP contribution in [0.1, 0.15) is 10.4 Å². The normalized spacial score (nSPS) is 10.4. The van der Waals surface area contributed by atoms with Crippen LogP contribution in [0, 0.1) is 27.6 Å². The van der Waals surface area contributed by atoms with Crippen molar-refractivity contribution in [2.45, 2.75) is 0 Å². The second-order valence-corrected chi connectivity index (χ2v) is 4.20. The lowest BCUT2D eigenvalue weighted by molar-refractivity contribution is -0.384. The summed E-state index contributed by atoms with van der Waals surface area (Å²) in [6.45, 7) is 0. The number of methoxy groups -OCH3 is 1. The highest BCUT2D eigenvalue weighted by molar-refractivity contribution is 5.92. The first-order valence-electron chi connectivity index (χ1n) is 5.87. The largest absolute Gasteiger partial charge is 0.465 e. The number of nitro groups is 1. The summed E-state index contributed by atoms with van der Waals surface area (Å²) in [5.74, 6) is -5.51. The molecule has 2 aromatic rings. The Morgan fingerprint density at radius 3 is 2.32 bits per heavy atom. The third kappa shape index (κ3) is 2.62. The molecule has 0 heterocycles. The van der Waals surface area contributed by atoms with E-state index in [1.54, 1.807) is 0 Å². The molecule has 0 aromatic heterocycles. The monoisotopic (exact) mass is 311 g/mol. The number of carbonyl (C=O) groups is 1. The van der Waals surface area contributed by atoms with E-state index in [1.807, 2.05) is 0 Å². The summed E-state index contributed by atoms with van der Waals surface area (Å²) in [7, 11) is 1.09. The summed E-state index contributed by atoms with van der Waals surface area (Å²) in [4.78, 5) is 21.6. The lowest BCUT2D eigenvalue weighted by Gasteiger charge is -2.07. The number of halogens is 3. The molecule has 2 rings (SSSR count). The van der Waals surface area contributed by atoms with Crippen molar-refractivity contribution in [1.29, 1.82) is 0 Å². The van der Waals surface area contributed by atoms with E-state index in [1.165, 1.54) is 0 Å². The number of nitrogens with zero attached hydrogens (tertiary/aromatic N) is 1. The number of nitro benzene ring substituents is 1. The molecule has 0 aliphatic carbocycles. The molecule has 0 aliphatic rings. The van der Waals surface area contributed by atoms with Gasteiger partial charge < -0.3 is 4.74 Å². The van der Waals surface area contributed by atoms with Crippen LogP contribution in [0.15, 0.2) is 30.3 Å². The molecule has 0 spiro atoms. The van der Waals surface area contributed by atoms with Crippen molar-refractivity contribution in [3.63, 3.8) is 0 Å². The molecule has 0 radical (unpaired) electrons. The van der Waals surface area contributed by atoms with Crippen molar-refractivity contribution in [3.05, 3.63) is 63.5 Å². The third-order valence-corrected chi connectivity index (χ3v) is 2.94. The van der Waals surface area contributed by atoms with Crippen LogP contribution in [0.4, 0.5) is 18.9 Å². The Morgan fingerprint density at radius 1 is 1.09 bits per heavy atom. The molecule has 22 heavy (non-hydrogen) atoms. The second kappa shape index (κ2) is 5.84. The van der Waals surface area contributed by atoms with Crippen LogP contribution in [-0.2, 0) is 4.74 Å². The number of benzene rings is 2. The minimum atomic E-state index is -1.73. The summed E-state index contributed by atoms with van der Waals surface area (Å²) in [6, 6.07) is 4.65. The number of rotatable bonds is 3. The van der Waals surface area contributed by atoms with Gasteiger partial charge in [0.25, 0.3) is 5.69 Å². The van der Waals surface area contributed by atoms with Gasteiger partial charge in [0, 0.05) is 11.6 Å². The van der Waals surface area contributed by atoms with Crippen LogP contribution in [0.2, 0.25) is 0 Å². The van der Waals surface area contributed by atoms with Crippen LogP contribution in [0.3, 0.4) is 0 Å². The van der Waals surface area contributed by atoms with Crippen LogP contribution >= 0.6 is 0 Å². The van der Waals surface area contributed by atoms with Crippen LogP contribution in [0.25, 0.3) is 11.1 Å². The first-order chi connectivity index (χ1) is 10.4. The Morgan fingerprint density at radius 2 is 1.73 bits per heavy atom. The van der Waals surface area contributed by atoms with E-state index in [4.69, 9.17) is 0 Å². The summed E-state index contributed by atoms with van der Waals surface area (Å²) in [5.41, 5.74) is -1.52. The van der Waals surface area contributed by atoms with Gasteiger partial charge in [0.2, 0.25) is 0 Å². The molecule has 0 amide bonds. The van der Waals surface area contributed by atoms with E-state index in [-0.39, 0.29) is 11.1 Å². The maximum absolute atomic E-state index is 13.8. The fraction of sp³-hybridized carbons (Fsp3) is 0.0714. The van der Waals surface area contributed by atoms with Gasteiger partial charge in [-0.1, -0.05) is 0 Å². The molecular weight excluding hydrogens is 303 g/mol. The minimum absolute atomic E-state index is 0.124. The zero-order chi connectivity index (χ0) is 16.4. The molecule has 0 aliphatic heterocycles. The van der Waals surface area contributed by atoms with Crippen molar-refractivity contribution in [3.8, 4) is 11.1 Å². The van der Waals surface area contributed by atoms with E-state index in [2.05, 4.69) is 4.74 Å². The molecule has 0 fully saturated rings. The fourth-order valence-electron chi connectivity index (χ4n) is 1.89. The van der Waals surface area contributed by atoms with E-state index < -0.39 is 39.6 Å². The topological polar surface area (TPSA) is 69.4 Å². The van der Waals surface area contributed by atoms with Gasteiger partial charge in [-0.15, -0.1) is 0 Å². The molecule has 0 atom stereocenters. The van der Waals surface area contributed by atoms with Crippen molar-refractivity contribution >= 4 is 11.7 Å². The van der Waals surface area contributed by atoms with Gasteiger partial charge in [-0.3, -0.25) is 10.1 Å². The van der Waals surface area contributed by atoms with E-state index in [9.17, 15) is 28.1 Å². The molecule has 0 saturated heterocycles. The van der Waals surface area contributed by atoms with Gasteiger partial charge in [0.1, 0.15) is 0 Å². The maximum atomic E-state index is 13.8. The quantitative estimate of drug-likeness (QED) is 0.377. The van der Waals surface area contributed by atoms with Crippen LogP contribution in [0.5, 0.6) is 0 Å². The summed E-state index contributed by atoms with van der Waals surface area (Å²) >= 11 is 0. The zero-order valence-corrected chi connectivity index (χ0v) is 11.1. The Bertz CT molecular complexity index is 777. The van der Waals surface area contributed by atoms with Gasteiger partial charge in [0.15, 0.2) is 17.5 Å². The maximum Gasteiger partial charge on any atom is 0.338 e. The fourth-order valence-corrected chi connectivity index (χ4v) is 1.89. The van der Waals surface area contributed by atoms with Gasteiger partial charge in [0.05, 0.1) is 23.2 Å². The molecule has 0 saturated carbocycles. The standard InChI is InChI=1S/C14H8F3NO4/c1-22-14(19)7-2-3-8(11(6-7)18(20)21)9-4-5-10(15)13(17)12(9)16/h2-6H,1H3. The highest BCUT2D eigenvalue weighted by Crippen LogP contribution is 2.34. The molecule has 0 N–H and O–H groups in total. The Labute approximate surface area is 122 Å². The van der Waals surface area contributed by atoms with Crippen molar-refractivity contribution in [2.75, 3.05) is 7.11 Å². The molecule has 0 bridgehead atoms. The molecule has 0 unspecified atom stereocenters. The van der Waals surface area contributed by atoms with Crippen molar-refractivity contribution in [1.82, 2.24) is 0 Å². The SMILES string of the molecule is COC(=O)c1ccc(-c2ccc(F)c(F)c2F)c([N+](=O)[O-])c1. The Kier molecular flexibility index (Phi) is 4.11. The predicted molar refractivity (Wildman–Crippen MR) is 69.7 cm³/mol. The van der Waals surface area contributed by atoms with E-state index in [0.717, 1.165) is 31.4 Å². The second-order valence-electron chi connectivity index (χ2n) is 4.20. The highest BCUT2D eigenvalue weighted by atomic mass is 19.2. The number of carbonyl (C=O) groups excluding carboxylic acids is 1. The first-order valence-corrected chi connectivity index (χ1v) is 5.87. The minimum Gasteiger partial charge on any atom is -0.465 e. The lowest BCUT2D eigenvalue weighted by atomic mass is 10.0. The molecule has 2 aromatic carbocycles. The molecule has 114 valence electrons. The Hall–Kier alpha value is -2.90. The van der Waals surface area contributed by atoms with Gasteiger partial charge >= 0.3 is 5.97 Å². The third-order valence-electron chi connectivity index (χ3n) is 2.94. The number of hydrogen-bond donors (Lipinski definition) is 0. The average Bonchev–Trinajstić information content (AvgIpc) is 2.51. The van der Waals surface area contributed by atoms with Crippen LogP contribution in [-0.4, -0.2) is 18.0 Å². The van der Waals surface area contributed by atoms with Gasteiger partial charge in [-0.2, -0.15) is 0 Å². The van der Waals surface area contributed by atoms with Crippen LogP contribution < -0.4 is 0 Å². The summed E-state index contributed by atoms with van der Waals surface area (Å²) < 4.78 is 44.4. The Balaban J connectivity index is 2.68. The summed E-state index contributed by atoms with van der Waals surface area (Å²) in [5, 5.41) is 11.1. The zero-order valence-electron chi connectivity index (χ0n) is 11.1. The van der Waals surface area contributed by atoms with Gasteiger partial charge in [-0.05, 0) is 24.3 Å². The number of ether oxygens (including phenoxy) is 1. The predicted octanol–water partition coefficient (Wildman–Crippen LogP) is 3.47. The summed E-state index contributed by atoms with van der Waals surface area (Å²) in [6.07, 6.45) is 0. The number of esters is 1. The van der Waals surface area contributed by atoms with Crippen molar-refractivity contribution in [2.24, 2.45) is 0 Å².